The molecule has 0 aliphatic rings. The Morgan fingerprint density at radius 3 is 2.77 bits per heavy atom. The third-order valence-corrected chi connectivity index (χ3v) is 2.31. The van der Waals surface area contributed by atoms with E-state index in [2.05, 4.69) is 10.3 Å². The van der Waals surface area contributed by atoms with Crippen molar-refractivity contribution in [3.63, 3.8) is 0 Å². The van der Waals surface area contributed by atoms with Gasteiger partial charge in [0.25, 0.3) is 6.01 Å². The summed E-state index contributed by atoms with van der Waals surface area (Å²) in [6, 6.07) is 0.362. The molecule has 0 saturated carbocycles. The van der Waals surface area contributed by atoms with Gasteiger partial charge in [-0.25, -0.2) is 8.42 Å². The van der Waals surface area contributed by atoms with Gasteiger partial charge in [-0.3, -0.25) is 0 Å². The summed E-state index contributed by atoms with van der Waals surface area (Å²) in [5, 5.41) is 2.77. The number of hydrogen-bond donors (Lipinski definition) is 1. The molecule has 13 heavy (non-hydrogen) atoms. The lowest BCUT2D eigenvalue weighted by atomic mass is 10.6. The molecule has 1 N–H and O–H groups in total. The van der Waals surface area contributed by atoms with E-state index in [1.54, 1.807) is 6.92 Å². The second-order valence-electron chi connectivity index (χ2n) is 2.85. The van der Waals surface area contributed by atoms with Crippen LogP contribution in [0, 0.1) is 6.92 Å². The molecule has 0 bridgehead atoms. The van der Waals surface area contributed by atoms with E-state index in [1.165, 1.54) is 12.5 Å². The summed E-state index contributed by atoms with van der Waals surface area (Å²) in [7, 11) is -2.92. The number of nitrogens with one attached hydrogen (secondary N) is 1. The van der Waals surface area contributed by atoms with E-state index in [0.717, 1.165) is 5.69 Å². The fourth-order valence-corrected chi connectivity index (χ4v) is 1.25. The van der Waals surface area contributed by atoms with Crippen molar-refractivity contribution in [1.29, 1.82) is 0 Å². The zero-order chi connectivity index (χ0) is 9.90. The summed E-state index contributed by atoms with van der Waals surface area (Å²) in [6.07, 6.45) is 2.69. The van der Waals surface area contributed by atoms with Crippen LogP contribution >= 0.6 is 0 Å². The molecule has 5 nitrogen and oxygen atoms in total. The lowest BCUT2D eigenvalue weighted by Crippen LogP contribution is -2.14. The molecule has 0 aliphatic carbocycles. The van der Waals surface area contributed by atoms with Gasteiger partial charge in [0, 0.05) is 12.8 Å². The van der Waals surface area contributed by atoms with Crippen LogP contribution in [0.3, 0.4) is 0 Å². The van der Waals surface area contributed by atoms with E-state index in [0.29, 0.717) is 12.6 Å². The number of aryl methyl sites for hydroxylation is 1. The molecule has 6 heteroatoms. The Balaban J connectivity index is 2.36. The van der Waals surface area contributed by atoms with Crippen molar-refractivity contribution in [2.75, 3.05) is 23.9 Å². The van der Waals surface area contributed by atoms with Gasteiger partial charge in [0.1, 0.15) is 16.1 Å². The summed E-state index contributed by atoms with van der Waals surface area (Å²) >= 11 is 0. The van der Waals surface area contributed by atoms with Crippen molar-refractivity contribution in [1.82, 2.24) is 4.98 Å². The van der Waals surface area contributed by atoms with E-state index >= 15 is 0 Å². The highest BCUT2D eigenvalue weighted by atomic mass is 32.2. The Morgan fingerprint density at radius 1 is 1.62 bits per heavy atom. The smallest absolute Gasteiger partial charge is 0.294 e. The molecule has 1 aromatic rings. The molecule has 0 spiro atoms. The van der Waals surface area contributed by atoms with Gasteiger partial charge in [-0.2, -0.15) is 4.98 Å². The summed E-state index contributed by atoms with van der Waals surface area (Å²) in [5.74, 6) is 0.0778. The number of aromatic nitrogens is 1. The quantitative estimate of drug-likeness (QED) is 0.770. The average Bonchev–Trinajstić information content (AvgIpc) is 2.33. The second kappa shape index (κ2) is 3.78. The minimum absolute atomic E-state index is 0.0778. The number of sulfone groups is 1. The SMILES string of the molecule is Cc1coc(NCCS(C)(=O)=O)n1. The van der Waals surface area contributed by atoms with Gasteiger partial charge in [0.2, 0.25) is 0 Å². The Hall–Kier alpha value is -1.04. The first-order valence-electron chi connectivity index (χ1n) is 3.81. The largest absolute Gasteiger partial charge is 0.432 e. The van der Waals surface area contributed by atoms with Gasteiger partial charge in [0.05, 0.1) is 11.4 Å². The number of nitrogens with zero attached hydrogens (tertiary/aromatic N) is 1. The molecule has 0 saturated heterocycles. The normalized spacial score (nSPS) is 11.5. The first-order valence-corrected chi connectivity index (χ1v) is 5.87. The molecule has 0 aromatic carbocycles. The Bertz CT molecular complexity index is 369. The van der Waals surface area contributed by atoms with Crippen LogP contribution in [0.4, 0.5) is 6.01 Å². The molecule has 0 atom stereocenters. The van der Waals surface area contributed by atoms with Gasteiger partial charge < -0.3 is 9.73 Å². The monoisotopic (exact) mass is 204 g/mol. The molecule has 1 rings (SSSR count). The number of hydrogen-bond acceptors (Lipinski definition) is 5. The summed E-state index contributed by atoms with van der Waals surface area (Å²) < 4.78 is 26.4. The standard InChI is InChI=1S/C7H12N2O3S/c1-6-5-12-7(9-6)8-3-4-13(2,10)11/h5H,3-4H2,1-2H3,(H,8,9). The molecule has 74 valence electrons. The molecular formula is C7H12N2O3S. The molecule has 1 heterocycles. The molecule has 0 aliphatic heterocycles. The third-order valence-electron chi connectivity index (χ3n) is 1.37. The molecule has 0 radical (unpaired) electrons. The zero-order valence-electron chi connectivity index (χ0n) is 7.57. The van der Waals surface area contributed by atoms with E-state index in [1.807, 2.05) is 0 Å². The van der Waals surface area contributed by atoms with Crippen LogP contribution in [-0.2, 0) is 9.84 Å². The van der Waals surface area contributed by atoms with Crippen LogP contribution in [0.2, 0.25) is 0 Å². The highest BCUT2D eigenvalue weighted by Crippen LogP contribution is 2.04. The molecule has 0 amide bonds. The van der Waals surface area contributed by atoms with Crippen molar-refractivity contribution in [2.45, 2.75) is 6.92 Å². The summed E-state index contributed by atoms with van der Waals surface area (Å²) in [4.78, 5) is 3.96. The maximum atomic E-state index is 10.7. The molecule has 1 aromatic heterocycles. The van der Waals surface area contributed by atoms with Gasteiger partial charge in [-0.1, -0.05) is 0 Å². The first-order chi connectivity index (χ1) is 5.97. The van der Waals surface area contributed by atoms with Crippen LogP contribution in [0.5, 0.6) is 0 Å². The van der Waals surface area contributed by atoms with Gasteiger partial charge in [0.15, 0.2) is 0 Å². The molecule has 0 unspecified atom stereocenters. The first kappa shape index (κ1) is 10.0. The van der Waals surface area contributed by atoms with Crippen LogP contribution in [0.15, 0.2) is 10.7 Å². The Labute approximate surface area is 77.1 Å². The summed E-state index contributed by atoms with van der Waals surface area (Å²) in [6.45, 7) is 2.12. The number of oxazole rings is 1. The third kappa shape index (κ3) is 3.93. The predicted octanol–water partition coefficient (Wildman–Crippen LogP) is 0.440. The number of anilines is 1. The maximum absolute atomic E-state index is 10.7. The lowest BCUT2D eigenvalue weighted by molar-refractivity contribution is 0.570. The van der Waals surface area contributed by atoms with Crippen LogP contribution < -0.4 is 5.32 Å². The predicted molar refractivity (Wildman–Crippen MR) is 49.4 cm³/mol. The van der Waals surface area contributed by atoms with Crippen molar-refractivity contribution in [3.8, 4) is 0 Å². The van der Waals surface area contributed by atoms with Crippen molar-refractivity contribution >= 4 is 15.9 Å². The Morgan fingerprint density at radius 2 is 2.31 bits per heavy atom. The van der Waals surface area contributed by atoms with Crippen molar-refractivity contribution in [2.24, 2.45) is 0 Å². The second-order valence-corrected chi connectivity index (χ2v) is 5.11. The van der Waals surface area contributed by atoms with Crippen LogP contribution in [-0.4, -0.2) is 32.0 Å². The zero-order valence-corrected chi connectivity index (χ0v) is 8.39. The minimum Gasteiger partial charge on any atom is -0.432 e. The van der Waals surface area contributed by atoms with Gasteiger partial charge in [-0.05, 0) is 6.92 Å². The maximum Gasteiger partial charge on any atom is 0.294 e. The average molecular weight is 204 g/mol. The topological polar surface area (TPSA) is 72.2 Å². The van der Waals surface area contributed by atoms with Crippen molar-refractivity contribution in [3.05, 3.63) is 12.0 Å². The summed E-state index contributed by atoms with van der Waals surface area (Å²) in [5.41, 5.74) is 0.766. The van der Waals surface area contributed by atoms with Gasteiger partial charge in [-0.15, -0.1) is 0 Å². The fraction of sp³-hybridized carbons (Fsp3) is 0.571. The van der Waals surface area contributed by atoms with Gasteiger partial charge >= 0.3 is 0 Å². The lowest BCUT2D eigenvalue weighted by Gasteiger charge is -1.98. The number of rotatable bonds is 4. The van der Waals surface area contributed by atoms with Crippen molar-refractivity contribution < 1.29 is 12.8 Å². The van der Waals surface area contributed by atoms with Crippen LogP contribution in [0.1, 0.15) is 5.69 Å². The molecular weight excluding hydrogens is 192 g/mol. The molecule has 0 fully saturated rings. The van der Waals surface area contributed by atoms with E-state index < -0.39 is 9.84 Å². The van der Waals surface area contributed by atoms with E-state index in [9.17, 15) is 8.42 Å². The Kier molecular flexibility index (Phi) is 2.92. The fourth-order valence-electron chi connectivity index (χ4n) is 0.779. The van der Waals surface area contributed by atoms with Crippen LogP contribution in [0.25, 0.3) is 0 Å². The van der Waals surface area contributed by atoms with E-state index in [-0.39, 0.29) is 5.75 Å². The van der Waals surface area contributed by atoms with E-state index in [4.69, 9.17) is 4.42 Å². The highest BCUT2D eigenvalue weighted by Gasteiger charge is 2.03. The highest BCUT2D eigenvalue weighted by molar-refractivity contribution is 7.90. The minimum atomic E-state index is -2.92.